The van der Waals surface area contributed by atoms with Gasteiger partial charge in [0.1, 0.15) is 0 Å². The summed E-state index contributed by atoms with van der Waals surface area (Å²) < 4.78 is 0. The summed E-state index contributed by atoms with van der Waals surface area (Å²) in [5, 5.41) is 3.33. The zero-order chi connectivity index (χ0) is 20.5. The Morgan fingerprint density at radius 2 is 1.50 bits per heavy atom. The highest BCUT2D eigenvalue weighted by Gasteiger charge is 2.02. The fourth-order valence-corrected chi connectivity index (χ4v) is 3.36. The number of hydrogen-bond donors (Lipinski definition) is 2. The van der Waals surface area contributed by atoms with Gasteiger partial charge in [0.25, 0.3) is 0 Å². The lowest BCUT2D eigenvalue weighted by Crippen LogP contribution is -2.10. The molecular weight excluding hydrogens is 368 g/mol. The highest BCUT2D eigenvalue weighted by atomic mass is 35.5. The molecule has 4 heteroatoms. The first-order valence-electron chi connectivity index (χ1n) is 11.1. The third-order valence-corrected chi connectivity index (χ3v) is 5.32. The minimum absolute atomic E-state index is 0.0346. The molecular formula is C24H39ClN2O. The van der Waals surface area contributed by atoms with Crippen molar-refractivity contribution in [3.05, 3.63) is 35.4 Å². The van der Waals surface area contributed by atoms with E-state index < -0.39 is 0 Å². The van der Waals surface area contributed by atoms with Crippen LogP contribution in [-0.4, -0.2) is 5.91 Å². The number of benzene rings is 1. The van der Waals surface area contributed by atoms with Crippen LogP contribution in [0.4, 0.5) is 11.4 Å². The van der Waals surface area contributed by atoms with Crippen LogP contribution in [0.5, 0.6) is 0 Å². The van der Waals surface area contributed by atoms with Gasteiger partial charge in [-0.1, -0.05) is 101 Å². The Morgan fingerprint density at radius 1 is 0.929 bits per heavy atom. The van der Waals surface area contributed by atoms with Crippen molar-refractivity contribution in [1.82, 2.24) is 0 Å². The van der Waals surface area contributed by atoms with E-state index in [9.17, 15) is 4.79 Å². The third-order valence-electron chi connectivity index (χ3n) is 4.97. The number of nitrogen functional groups attached to an aromatic ring is 1. The molecule has 0 aliphatic rings. The first-order valence-corrected chi connectivity index (χ1v) is 11.5. The monoisotopic (exact) mass is 406 g/mol. The van der Waals surface area contributed by atoms with Crippen LogP contribution in [0, 0.1) is 0 Å². The second-order valence-electron chi connectivity index (χ2n) is 7.64. The van der Waals surface area contributed by atoms with Crippen LogP contribution in [0.1, 0.15) is 96.8 Å². The molecule has 0 bridgehead atoms. The van der Waals surface area contributed by atoms with Gasteiger partial charge < -0.3 is 11.1 Å². The Balaban J connectivity index is 1.92. The van der Waals surface area contributed by atoms with Crippen molar-refractivity contribution < 1.29 is 4.79 Å². The van der Waals surface area contributed by atoms with Crippen LogP contribution in [-0.2, 0) is 4.79 Å². The predicted molar refractivity (Wildman–Crippen MR) is 124 cm³/mol. The molecule has 0 radical (unpaired) electrons. The maximum Gasteiger partial charge on any atom is 0.228 e. The Morgan fingerprint density at radius 3 is 2.07 bits per heavy atom. The second-order valence-corrected chi connectivity index (χ2v) is 8.04. The summed E-state index contributed by atoms with van der Waals surface area (Å²) in [6, 6.07) is 5.12. The Bertz CT molecular complexity index is 572. The van der Waals surface area contributed by atoms with Crippen LogP contribution >= 0.6 is 11.6 Å². The standard InChI is InChI=1S/C24H39ClN2O/c1-2-3-4-5-6-7-8-9-10-11-12-13-14-15-16-17-24(28)27-21-18-19-22(25)23(26)20-21/h15-16,18-20H,2-14,17,26H2,1H3,(H,27,28). The molecule has 0 saturated heterocycles. The quantitative estimate of drug-likeness (QED) is 0.166. The SMILES string of the molecule is CCCCCCCCCCCCCCC=CCC(=O)Nc1ccc(Cl)c(N)c1. The van der Waals surface area contributed by atoms with E-state index >= 15 is 0 Å². The molecule has 0 fully saturated rings. The molecule has 1 aromatic carbocycles. The van der Waals surface area contributed by atoms with Crippen LogP contribution < -0.4 is 11.1 Å². The number of anilines is 2. The molecule has 3 N–H and O–H groups in total. The zero-order valence-corrected chi connectivity index (χ0v) is 18.4. The maximum absolute atomic E-state index is 11.9. The van der Waals surface area contributed by atoms with Gasteiger partial charge >= 0.3 is 0 Å². The normalized spacial score (nSPS) is 11.2. The summed E-state index contributed by atoms with van der Waals surface area (Å²) in [7, 11) is 0. The molecule has 0 aromatic heterocycles. The molecule has 0 unspecified atom stereocenters. The van der Waals surface area contributed by atoms with Crippen molar-refractivity contribution >= 4 is 28.9 Å². The van der Waals surface area contributed by atoms with Gasteiger partial charge in [0.2, 0.25) is 5.91 Å². The number of nitrogens with one attached hydrogen (secondary N) is 1. The highest BCUT2D eigenvalue weighted by Crippen LogP contribution is 2.22. The molecule has 3 nitrogen and oxygen atoms in total. The number of carbonyl (C=O) groups is 1. The number of allylic oxidation sites excluding steroid dienone is 1. The van der Waals surface area contributed by atoms with Crippen molar-refractivity contribution in [2.24, 2.45) is 0 Å². The fourth-order valence-electron chi connectivity index (χ4n) is 3.24. The van der Waals surface area contributed by atoms with Gasteiger partial charge in [-0.25, -0.2) is 0 Å². The Kier molecular flexibility index (Phi) is 14.4. The minimum atomic E-state index is -0.0346. The van der Waals surface area contributed by atoms with E-state index in [4.69, 9.17) is 17.3 Å². The third kappa shape index (κ3) is 12.8. The highest BCUT2D eigenvalue weighted by molar-refractivity contribution is 6.33. The Hall–Kier alpha value is -1.48. The second kappa shape index (κ2) is 16.5. The summed E-state index contributed by atoms with van der Waals surface area (Å²) in [6.45, 7) is 2.27. The summed E-state index contributed by atoms with van der Waals surface area (Å²) in [5.74, 6) is -0.0346. The molecule has 0 atom stereocenters. The van der Waals surface area contributed by atoms with E-state index in [0.717, 1.165) is 6.42 Å². The van der Waals surface area contributed by atoms with E-state index in [1.165, 1.54) is 77.0 Å². The lowest BCUT2D eigenvalue weighted by atomic mass is 10.0. The number of rotatable bonds is 16. The van der Waals surface area contributed by atoms with Crippen molar-refractivity contribution in [2.75, 3.05) is 11.1 Å². The van der Waals surface area contributed by atoms with Crippen molar-refractivity contribution in [2.45, 2.75) is 96.8 Å². The molecule has 0 aliphatic heterocycles. The first-order chi connectivity index (χ1) is 13.6. The van der Waals surface area contributed by atoms with E-state index in [1.807, 2.05) is 6.08 Å². The molecule has 0 heterocycles. The predicted octanol–water partition coefficient (Wildman–Crippen LogP) is 7.90. The largest absolute Gasteiger partial charge is 0.397 e. The molecule has 1 amide bonds. The van der Waals surface area contributed by atoms with Crippen molar-refractivity contribution in [3.63, 3.8) is 0 Å². The van der Waals surface area contributed by atoms with E-state index in [0.29, 0.717) is 22.8 Å². The molecule has 0 spiro atoms. The molecule has 1 aromatic rings. The van der Waals surface area contributed by atoms with Gasteiger partial charge in [0, 0.05) is 12.1 Å². The van der Waals surface area contributed by atoms with Crippen LogP contribution in [0.25, 0.3) is 0 Å². The van der Waals surface area contributed by atoms with E-state index in [2.05, 4.69) is 18.3 Å². The van der Waals surface area contributed by atoms with Gasteiger partial charge in [-0.05, 0) is 31.0 Å². The summed E-state index contributed by atoms with van der Waals surface area (Å²) >= 11 is 5.88. The Labute approximate surface area is 177 Å². The number of amides is 1. The lowest BCUT2D eigenvalue weighted by molar-refractivity contribution is -0.115. The average molecular weight is 407 g/mol. The van der Waals surface area contributed by atoms with Crippen LogP contribution in [0.15, 0.2) is 30.4 Å². The lowest BCUT2D eigenvalue weighted by Gasteiger charge is -2.05. The topological polar surface area (TPSA) is 55.1 Å². The zero-order valence-electron chi connectivity index (χ0n) is 17.6. The summed E-state index contributed by atoms with van der Waals surface area (Å²) in [6.07, 6.45) is 21.9. The van der Waals surface area contributed by atoms with Crippen molar-refractivity contribution in [3.8, 4) is 0 Å². The van der Waals surface area contributed by atoms with Crippen molar-refractivity contribution in [1.29, 1.82) is 0 Å². The van der Waals surface area contributed by atoms with Gasteiger partial charge in [-0.15, -0.1) is 0 Å². The van der Waals surface area contributed by atoms with Gasteiger partial charge in [-0.3, -0.25) is 4.79 Å². The molecule has 28 heavy (non-hydrogen) atoms. The number of nitrogens with two attached hydrogens (primary N) is 1. The van der Waals surface area contributed by atoms with E-state index in [1.54, 1.807) is 18.2 Å². The first kappa shape index (κ1) is 24.6. The molecule has 0 saturated carbocycles. The molecule has 0 aliphatic carbocycles. The van der Waals surface area contributed by atoms with Crippen LogP contribution in [0.3, 0.4) is 0 Å². The van der Waals surface area contributed by atoms with Gasteiger partial charge in [0.05, 0.1) is 10.7 Å². The van der Waals surface area contributed by atoms with Crippen LogP contribution in [0.2, 0.25) is 5.02 Å². The molecule has 1 rings (SSSR count). The summed E-state index contributed by atoms with van der Waals surface area (Å²) in [5.41, 5.74) is 6.89. The van der Waals surface area contributed by atoms with E-state index in [-0.39, 0.29) is 5.91 Å². The average Bonchev–Trinajstić information content (AvgIpc) is 2.68. The van der Waals surface area contributed by atoms with Gasteiger partial charge in [0.15, 0.2) is 0 Å². The number of halogens is 1. The van der Waals surface area contributed by atoms with Gasteiger partial charge in [-0.2, -0.15) is 0 Å². The smallest absolute Gasteiger partial charge is 0.228 e. The number of hydrogen-bond acceptors (Lipinski definition) is 2. The molecule has 158 valence electrons. The number of carbonyl (C=O) groups excluding carboxylic acids is 1. The fraction of sp³-hybridized carbons (Fsp3) is 0.625. The number of unbranched alkanes of at least 4 members (excludes halogenated alkanes) is 12. The minimum Gasteiger partial charge on any atom is -0.397 e. The summed E-state index contributed by atoms with van der Waals surface area (Å²) in [4.78, 5) is 11.9. The maximum atomic E-state index is 11.9.